The minimum absolute atomic E-state index is 0.0424. The van der Waals surface area contributed by atoms with Crippen molar-refractivity contribution in [3.63, 3.8) is 0 Å². The highest BCUT2D eigenvalue weighted by molar-refractivity contribution is 8.00. The molecule has 2 aromatic carbocycles. The van der Waals surface area contributed by atoms with Crippen LogP contribution in [0.5, 0.6) is 0 Å². The number of hydrogen-bond donors (Lipinski definition) is 0. The molecule has 2 fully saturated rings. The van der Waals surface area contributed by atoms with Crippen molar-refractivity contribution in [2.24, 2.45) is 0 Å². The zero-order valence-corrected chi connectivity index (χ0v) is 18.3. The number of rotatable bonds is 7. The number of hydrogen-bond acceptors (Lipinski definition) is 8. The number of carbonyl (C=O) groups is 2. The van der Waals surface area contributed by atoms with Crippen molar-refractivity contribution in [1.29, 1.82) is 0 Å². The van der Waals surface area contributed by atoms with E-state index in [2.05, 4.69) is 0 Å². The van der Waals surface area contributed by atoms with Gasteiger partial charge in [0.25, 0.3) is 11.4 Å². The molecule has 2 aliphatic heterocycles. The highest BCUT2D eigenvalue weighted by atomic mass is 32.2. The first-order valence-corrected chi connectivity index (χ1v) is 11.8. The highest BCUT2D eigenvalue weighted by Gasteiger charge is 2.37. The lowest BCUT2D eigenvalue weighted by molar-refractivity contribution is -0.385. The molecule has 0 N–H and O–H groups in total. The fourth-order valence-electron chi connectivity index (χ4n) is 3.74. The fourth-order valence-corrected chi connectivity index (χ4v) is 6.16. The van der Waals surface area contributed by atoms with Crippen LogP contribution < -0.4 is 0 Å². The van der Waals surface area contributed by atoms with E-state index < -0.39 is 9.85 Å². The predicted molar refractivity (Wildman–Crippen MR) is 120 cm³/mol. The van der Waals surface area contributed by atoms with Gasteiger partial charge in [-0.1, -0.05) is 24.3 Å². The van der Waals surface area contributed by atoms with Crippen LogP contribution in [-0.4, -0.2) is 56.1 Å². The van der Waals surface area contributed by atoms with Crippen LogP contribution >= 0.6 is 23.5 Å². The lowest BCUT2D eigenvalue weighted by Crippen LogP contribution is -2.39. The molecule has 0 aliphatic carbocycles. The molecule has 0 radical (unpaired) electrons. The standard InChI is InChI=1S/C20H18N4O6S2/c25-17-11-31-19(13-3-1-5-15(9-13)23(27)28)21(17)7-8-22-18(26)12-32-20(22)14-4-2-6-16(10-14)24(29)30/h1-6,9-10,19-20H,7-8,11-12H2/t19-,20-/m0/s1. The molecule has 32 heavy (non-hydrogen) atoms. The minimum atomic E-state index is -0.473. The largest absolute Gasteiger partial charge is 0.324 e. The Bertz CT molecular complexity index is 1010. The molecule has 0 unspecified atom stereocenters. The van der Waals surface area contributed by atoms with Gasteiger partial charge in [0.2, 0.25) is 11.8 Å². The number of carbonyl (C=O) groups excluding carboxylic acids is 2. The van der Waals surface area contributed by atoms with E-state index in [4.69, 9.17) is 0 Å². The quantitative estimate of drug-likeness (QED) is 0.442. The van der Waals surface area contributed by atoms with E-state index in [0.717, 1.165) is 0 Å². The van der Waals surface area contributed by atoms with Crippen LogP contribution in [0.3, 0.4) is 0 Å². The van der Waals surface area contributed by atoms with Crippen LogP contribution in [0, 0.1) is 20.2 Å². The van der Waals surface area contributed by atoms with Gasteiger partial charge in [0.15, 0.2) is 0 Å². The van der Waals surface area contributed by atoms with Gasteiger partial charge in [-0.2, -0.15) is 0 Å². The summed E-state index contributed by atoms with van der Waals surface area (Å²) in [6, 6.07) is 12.4. The number of non-ortho nitro benzene ring substituents is 2. The summed E-state index contributed by atoms with van der Waals surface area (Å²) in [7, 11) is 0. The molecule has 2 aliphatic rings. The average molecular weight is 475 g/mol. The molecule has 2 amide bonds. The molecule has 166 valence electrons. The second kappa shape index (κ2) is 9.17. The van der Waals surface area contributed by atoms with Crippen LogP contribution in [0.4, 0.5) is 11.4 Å². The molecule has 0 saturated carbocycles. The number of amides is 2. The van der Waals surface area contributed by atoms with Gasteiger partial charge in [-0.3, -0.25) is 29.8 Å². The van der Waals surface area contributed by atoms with Crippen molar-refractivity contribution in [2.75, 3.05) is 24.6 Å². The third kappa shape index (κ3) is 4.41. The predicted octanol–water partition coefficient (Wildman–Crippen LogP) is 3.35. The Morgan fingerprint density at radius 3 is 1.56 bits per heavy atom. The fraction of sp³-hybridized carbons (Fsp3) is 0.300. The van der Waals surface area contributed by atoms with Gasteiger partial charge in [0.1, 0.15) is 10.7 Å². The first-order chi connectivity index (χ1) is 15.3. The summed E-state index contributed by atoms with van der Waals surface area (Å²) in [5.41, 5.74) is 1.23. The van der Waals surface area contributed by atoms with Crippen molar-refractivity contribution in [2.45, 2.75) is 10.7 Å². The van der Waals surface area contributed by atoms with Crippen molar-refractivity contribution in [3.8, 4) is 0 Å². The van der Waals surface area contributed by atoms with Crippen LogP contribution in [-0.2, 0) is 9.59 Å². The second-order valence-corrected chi connectivity index (χ2v) is 9.34. The summed E-state index contributed by atoms with van der Waals surface area (Å²) in [6.07, 6.45) is 0. The number of benzene rings is 2. The Morgan fingerprint density at radius 1 is 0.781 bits per heavy atom. The molecule has 0 spiro atoms. The Hall–Kier alpha value is -3.12. The lowest BCUT2D eigenvalue weighted by Gasteiger charge is -2.29. The maximum atomic E-state index is 12.5. The van der Waals surface area contributed by atoms with Gasteiger partial charge in [0, 0.05) is 37.4 Å². The van der Waals surface area contributed by atoms with Gasteiger partial charge in [-0.15, -0.1) is 23.5 Å². The Balaban J connectivity index is 1.51. The van der Waals surface area contributed by atoms with E-state index in [1.54, 1.807) is 34.1 Å². The maximum Gasteiger partial charge on any atom is 0.269 e. The smallest absolute Gasteiger partial charge is 0.269 e. The van der Waals surface area contributed by atoms with Crippen LogP contribution in [0.25, 0.3) is 0 Å². The molecule has 2 heterocycles. The van der Waals surface area contributed by atoms with Gasteiger partial charge in [0.05, 0.1) is 21.4 Å². The Morgan fingerprint density at radius 2 is 1.19 bits per heavy atom. The normalized spacial score (nSPS) is 20.8. The molecular weight excluding hydrogens is 456 g/mol. The molecule has 12 heteroatoms. The average Bonchev–Trinajstić information content (AvgIpc) is 3.34. The van der Waals surface area contributed by atoms with Gasteiger partial charge in [-0.25, -0.2) is 0 Å². The molecular formula is C20H18N4O6S2. The topological polar surface area (TPSA) is 127 Å². The third-order valence-corrected chi connectivity index (χ3v) is 7.76. The van der Waals surface area contributed by atoms with Crippen LogP contribution in [0.15, 0.2) is 48.5 Å². The maximum absolute atomic E-state index is 12.5. The Kier molecular flexibility index (Phi) is 6.33. The van der Waals surface area contributed by atoms with E-state index in [-0.39, 0.29) is 58.5 Å². The molecule has 4 rings (SSSR count). The summed E-state index contributed by atoms with van der Waals surface area (Å²) in [5, 5.41) is 21.5. The Labute approximate surface area is 191 Å². The summed E-state index contributed by atoms with van der Waals surface area (Å²) in [4.78, 5) is 49.6. The molecule has 0 aromatic heterocycles. The van der Waals surface area contributed by atoms with Crippen LogP contribution in [0.1, 0.15) is 21.9 Å². The zero-order valence-electron chi connectivity index (χ0n) is 16.7. The molecule has 2 atom stereocenters. The monoisotopic (exact) mass is 474 g/mol. The van der Waals surface area contributed by atoms with Crippen molar-refractivity contribution in [1.82, 2.24) is 9.80 Å². The summed E-state index contributed by atoms with van der Waals surface area (Å²) < 4.78 is 0. The highest BCUT2D eigenvalue weighted by Crippen LogP contribution is 2.42. The first-order valence-electron chi connectivity index (χ1n) is 9.66. The molecule has 10 nitrogen and oxygen atoms in total. The summed E-state index contributed by atoms with van der Waals surface area (Å²) in [5.74, 6) is 0.310. The van der Waals surface area contributed by atoms with Crippen molar-refractivity contribution >= 4 is 46.7 Å². The summed E-state index contributed by atoms with van der Waals surface area (Å²) in [6.45, 7) is 0.522. The minimum Gasteiger partial charge on any atom is -0.324 e. The van der Waals surface area contributed by atoms with E-state index in [1.165, 1.54) is 47.8 Å². The number of nitro groups is 2. The second-order valence-electron chi connectivity index (χ2n) is 7.21. The molecule has 2 saturated heterocycles. The summed E-state index contributed by atoms with van der Waals surface area (Å²) >= 11 is 2.78. The van der Waals surface area contributed by atoms with Gasteiger partial charge >= 0.3 is 0 Å². The zero-order chi connectivity index (χ0) is 22.8. The third-order valence-electron chi connectivity index (χ3n) is 5.25. The number of nitrogens with zero attached hydrogens (tertiary/aromatic N) is 4. The van der Waals surface area contributed by atoms with E-state index >= 15 is 0 Å². The first kappa shape index (κ1) is 22.1. The van der Waals surface area contributed by atoms with E-state index in [9.17, 15) is 29.8 Å². The van der Waals surface area contributed by atoms with Gasteiger partial charge < -0.3 is 9.80 Å². The van der Waals surface area contributed by atoms with E-state index in [1.807, 2.05) is 0 Å². The lowest BCUT2D eigenvalue weighted by atomic mass is 10.1. The van der Waals surface area contributed by atoms with Gasteiger partial charge in [-0.05, 0) is 11.1 Å². The molecule has 0 bridgehead atoms. The molecule has 2 aromatic rings. The van der Waals surface area contributed by atoms with Crippen molar-refractivity contribution in [3.05, 3.63) is 79.9 Å². The van der Waals surface area contributed by atoms with Crippen LogP contribution in [0.2, 0.25) is 0 Å². The SMILES string of the molecule is O=C1CS[C@@H](c2cccc([N+](=O)[O-])c2)N1CCN1C(=O)CS[C@H]1c1cccc([N+](=O)[O-])c1. The number of thioether (sulfide) groups is 2. The van der Waals surface area contributed by atoms with E-state index in [0.29, 0.717) is 11.1 Å². The number of nitro benzene ring substituents is 2. The van der Waals surface area contributed by atoms with Crippen molar-refractivity contribution < 1.29 is 19.4 Å².